The molecule has 20 heavy (non-hydrogen) atoms. The fourth-order valence-electron chi connectivity index (χ4n) is 1.81. The highest BCUT2D eigenvalue weighted by atomic mass is 32.2. The summed E-state index contributed by atoms with van der Waals surface area (Å²) in [5.41, 5.74) is 7.75. The Labute approximate surface area is 118 Å². The van der Waals surface area contributed by atoms with Crippen LogP contribution in [-0.2, 0) is 10.0 Å². The molecule has 0 spiro atoms. The van der Waals surface area contributed by atoms with Gasteiger partial charge in [-0.3, -0.25) is 9.82 Å². The van der Waals surface area contributed by atoms with Crippen molar-refractivity contribution in [3.05, 3.63) is 35.5 Å². The topological polar surface area (TPSA) is 101 Å². The van der Waals surface area contributed by atoms with Gasteiger partial charge in [-0.2, -0.15) is 5.10 Å². The van der Waals surface area contributed by atoms with E-state index in [0.29, 0.717) is 5.69 Å². The molecule has 0 amide bonds. The lowest BCUT2D eigenvalue weighted by Crippen LogP contribution is -2.13. The molecule has 0 atom stereocenters. The predicted octanol–water partition coefficient (Wildman–Crippen LogP) is 2.22. The molecule has 0 aliphatic rings. The van der Waals surface area contributed by atoms with Crippen LogP contribution in [0.3, 0.4) is 0 Å². The number of rotatable bonds is 4. The van der Waals surface area contributed by atoms with Gasteiger partial charge in [0.2, 0.25) is 0 Å². The number of sulfonamides is 1. The maximum atomic E-state index is 12.3. The van der Waals surface area contributed by atoms with E-state index in [4.69, 9.17) is 5.73 Å². The van der Waals surface area contributed by atoms with E-state index in [1.165, 1.54) is 6.07 Å². The number of aromatic nitrogens is 2. The Morgan fingerprint density at radius 1 is 1.25 bits per heavy atom. The lowest BCUT2D eigenvalue weighted by Gasteiger charge is -2.07. The minimum atomic E-state index is -3.68. The fourth-order valence-corrected chi connectivity index (χ4v) is 2.94. The third kappa shape index (κ3) is 3.11. The molecule has 0 unspecified atom stereocenters. The van der Waals surface area contributed by atoms with Crippen LogP contribution >= 0.6 is 0 Å². The zero-order valence-corrected chi connectivity index (χ0v) is 12.5. The zero-order valence-electron chi connectivity index (χ0n) is 11.6. The summed E-state index contributed by atoms with van der Waals surface area (Å²) >= 11 is 0. The summed E-state index contributed by atoms with van der Waals surface area (Å²) < 4.78 is 27.0. The lowest BCUT2D eigenvalue weighted by atomic mass is 10.1. The van der Waals surface area contributed by atoms with E-state index in [0.717, 1.165) is 11.3 Å². The fraction of sp³-hybridized carbons (Fsp3) is 0.308. The van der Waals surface area contributed by atoms with Gasteiger partial charge in [0.1, 0.15) is 0 Å². The van der Waals surface area contributed by atoms with Crippen molar-refractivity contribution in [1.29, 1.82) is 0 Å². The van der Waals surface area contributed by atoms with E-state index in [1.807, 2.05) is 13.8 Å². The van der Waals surface area contributed by atoms with E-state index in [-0.39, 0.29) is 16.6 Å². The normalized spacial score (nSPS) is 11.8. The molecule has 2 aromatic rings. The number of nitrogen functional groups attached to an aromatic ring is 1. The van der Waals surface area contributed by atoms with Crippen molar-refractivity contribution in [2.45, 2.75) is 31.6 Å². The number of aryl methyl sites for hydroxylation is 1. The van der Waals surface area contributed by atoms with Gasteiger partial charge in [-0.05, 0) is 36.6 Å². The van der Waals surface area contributed by atoms with Crippen molar-refractivity contribution in [2.75, 3.05) is 10.5 Å². The largest absolute Gasteiger partial charge is 0.399 e. The Hall–Kier alpha value is -2.02. The maximum absolute atomic E-state index is 12.3. The van der Waals surface area contributed by atoms with E-state index < -0.39 is 10.0 Å². The van der Waals surface area contributed by atoms with Crippen LogP contribution in [0, 0.1) is 6.92 Å². The van der Waals surface area contributed by atoms with Crippen LogP contribution in [0.1, 0.15) is 31.0 Å². The monoisotopic (exact) mass is 294 g/mol. The number of anilines is 2. The summed E-state index contributed by atoms with van der Waals surface area (Å²) in [4.78, 5) is 0.129. The van der Waals surface area contributed by atoms with Crippen LogP contribution in [0.15, 0.2) is 29.2 Å². The molecule has 0 bridgehead atoms. The Bertz CT molecular complexity index is 699. The van der Waals surface area contributed by atoms with E-state index in [1.54, 1.807) is 25.1 Å². The predicted molar refractivity (Wildman–Crippen MR) is 79.1 cm³/mol. The molecule has 0 fully saturated rings. The molecule has 1 aromatic heterocycles. The second-order valence-electron chi connectivity index (χ2n) is 5.05. The summed E-state index contributed by atoms with van der Waals surface area (Å²) in [5, 5.41) is 6.75. The molecule has 0 aliphatic carbocycles. The first-order valence-electron chi connectivity index (χ1n) is 6.23. The van der Waals surface area contributed by atoms with Crippen LogP contribution in [0.2, 0.25) is 0 Å². The highest BCUT2D eigenvalue weighted by Gasteiger charge is 2.17. The summed E-state index contributed by atoms with van der Waals surface area (Å²) in [5.74, 6) is 0.518. The van der Waals surface area contributed by atoms with Crippen LogP contribution < -0.4 is 10.5 Å². The van der Waals surface area contributed by atoms with Crippen molar-refractivity contribution < 1.29 is 8.42 Å². The highest BCUT2D eigenvalue weighted by molar-refractivity contribution is 7.92. The lowest BCUT2D eigenvalue weighted by molar-refractivity contribution is 0.601. The quantitative estimate of drug-likeness (QED) is 0.752. The zero-order chi connectivity index (χ0) is 14.9. The smallest absolute Gasteiger partial charge is 0.263 e. The number of nitrogens with one attached hydrogen (secondary N) is 2. The minimum absolute atomic E-state index is 0.129. The Kier molecular flexibility index (Phi) is 3.71. The molecule has 1 heterocycles. The van der Waals surface area contributed by atoms with Gasteiger partial charge < -0.3 is 5.73 Å². The van der Waals surface area contributed by atoms with Crippen molar-refractivity contribution in [2.24, 2.45) is 0 Å². The van der Waals surface area contributed by atoms with Crippen LogP contribution in [0.25, 0.3) is 0 Å². The average molecular weight is 294 g/mol. The third-order valence-corrected chi connectivity index (χ3v) is 4.18. The third-order valence-electron chi connectivity index (χ3n) is 2.84. The number of hydrogen-bond donors (Lipinski definition) is 3. The van der Waals surface area contributed by atoms with Crippen LogP contribution in [0.5, 0.6) is 0 Å². The van der Waals surface area contributed by atoms with Gasteiger partial charge >= 0.3 is 0 Å². The molecule has 0 aliphatic heterocycles. The van der Waals surface area contributed by atoms with Crippen molar-refractivity contribution in [1.82, 2.24) is 10.2 Å². The summed E-state index contributed by atoms with van der Waals surface area (Å²) in [6.45, 7) is 5.78. The second-order valence-corrected chi connectivity index (χ2v) is 6.73. The molecule has 0 radical (unpaired) electrons. The number of aromatic amines is 1. The Morgan fingerprint density at radius 3 is 2.50 bits per heavy atom. The molecule has 6 nitrogen and oxygen atoms in total. The standard InChI is InChI=1S/C13H18N4O2S/c1-8(2)12-7-13(16-15-12)17-20(18,19)11-5-9(3)4-10(14)6-11/h4-8H,14H2,1-3H3,(H2,15,16,17). The van der Waals surface area contributed by atoms with Gasteiger partial charge in [-0.1, -0.05) is 13.8 Å². The van der Waals surface area contributed by atoms with Gasteiger partial charge in [0.25, 0.3) is 10.0 Å². The first-order chi connectivity index (χ1) is 9.28. The van der Waals surface area contributed by atoms with Crippen molar-refractivity contribution in [3.8, 4) is 0 Å². The summed E-state index contributed by atoms with van der Waals surface area (Å²) in [6.07, 6.45) is 0. The second kappa shape index (κ2) is 5.16. The van der Waals surface area contributed by atoms with Gasteiger partial charge in [-0.25, -0.2) is 8.42 Å². The van der Waals surface area contributed by atoms with Gasteiger partial charge in [0.15, 0.2) is 5.82 Å². The van der Waals surface area contributed by atoms with E-state index >= 15 is 0 Å². The van der Waals surface area contributed by atoms with Crippen molar-refractivity contribution >= 4 is 21.5 Å². The number of hydrogen-bond acceptors (Lipinski definition) is 4. The molecule has 1 aromatic carbocycles. The summed E-state index contributed by atoms with van der Waals surface area (Å²) in [7, 11) is -3.68. The highest BCUT2D eigenvalue weighted by Crippen LogP contribution is 2.21. The minimum Gasteiger partial charge on any atom is -0.399 e. The molecule has 4 N–H and O–H groups in total. The molecule has 2 rings (SSSR count). The molecule has 7 heteroatoms. The van der Waals surface area contributed by atoms with E-state index in [9.17, 15) is 8.42 Å². The summed E-state index contributed by atoms with van der Waals surface area (Å²) in [6, 6.07) is 6.38. The van der Waals surface area contributed by atoms with Gasteiger partial charge in [0, 0.05) is 17.4 Å². The first-order valence-corrected chi connectivity index (χ1v) is 7.71. The number of benzene rings is 1. The molecular weight excluding hydrogens is 276 g/mol. The number of H-pyrrole nitrogens is 1. The van der Waals surface area contributed by atoms with Crippen LogP contribution in [-0.4, -0.2) is 18.6 Å². The van der Waals surface area contributed by atoms with Gasteiger partial charge in [-0.15, -0.1) is 0 Å². The first kappa shape index (κ1) is 14.4. The van der Waals surface area contributed by atoms with Crippen LogP contribution in [0.4, 0.5) is 11.5 Å². The maximum Gasteiger partial charge on any atom is 0.263 e. The van der Waals surface area contributed by atoms with Gasteiger partial charge in [0.05, 0.1) is 4.90 Å². The van der Waals surface area contributed by atoms with E-state index in [2.05, 4.69) is 14.9 Å². The Balaban J connectivity index is 2.30. The average Bonchev–Trinajstić information content (AvgIpc) is 2.75. The Morgan fingerprint density at radius 2 is 1.95 bits per heavy atom. The molecule has 108 valence electrons. The molecule has 0 saturated carbocycles. The molecule has 0 saturated heterocycles. The number of nitrogens with zero attached hydrogens (tertiary/aromatic N) is 1. The van der Waals surface area contributed by atoms with Crippen molar-refractivity contribution in [3.63, 3.8) is 0 Å². The molecular formula is C13H18N4O2S. The number of nitrogens with two attached hydrogens (primary N) is 1. The SMILES string of the molecule is Cc1cc(N)cc(S(=O)(=O)Nc2cc(C(C)C)[nH]n2)c1.